The van der Waals surface area contributed by atoms with Crippen molar-refractivity contribution in [2.75, 3.05) is 19.8 Å². The van der Waals surface area contributed by atoms with Gasteiger partial charge in [-0.25, -0.2) is 0 Å². The Balaban J connectivity index is 2.10. The molecule has 8 nitrogen and oxygen atoms in total. The van der Waals surface area contributed by atoms with Gasteiger partial charge in [0.05, 0.1) is 16.8 Å². The number of hydrogen-bond donors (Lipinski definition) is 2. The lowest BCUT2D eigenvalue weighted by molar-refractivity contribution is -0.128. The first-order chi connectivity index (χ1) is 12.3. The zero-order valence-corrected chi connectivity index (χ0v) is 14.4. The van der Waals surface area contributed by atoms with Crippen LogP contribution >= 0.6 is 0 Å². The average Bonchev–Trinajstić information content (AvgIpc) is 2.87. The Morgan fingerprint density at radius 3 is 2.54 bits per heavy atom. The first-order valence-corrected chi connectivity index (χ1v) is 8.01. The van der Waals surface area contributed by atoms with Crippen molar-refractivity contribution in [1.82, 2.24) is 14.8 Å². The fourth-order valence-corrected chi connectivity index (χ4v) is 2.93. The van der Waals surface area contributed by atoms with Gasteiger partial charge in [0.15, 0.2) is 0 Å². The fraction of sp³-hybridized carbons (Fsp3) is 0.222. The van der Waals surface area contributed by atoms with Crippen LogP contribution in [0, 0.1) is 0 Å². The molecule has 3 rings (SSSR count). The number of para-hydroxylation sites is 1. The smallest absolute Gasteiger partial charge is 0.262 e. The van der Waals surface area contributed by atoms with Crippen LogP contribution in [0.2, 0.25) is 0 Å². The molecular formula is C18H18N4O4. The number of benzene rings is 1. The molecule has 0 aliphatic carbocycles. The van der Waals surface area contributed by atoms with Crippen LogP contribution in [0.15, 0.2) is 35.1 Å². The number of amides is 3. The van der Waals surface area contributed by atoms with Gasteiger partial charge < -0.3 is 10.6 Å². The predicted octanol–water partition coefficient (Wildman–Crippen LogP) is 0.324. The Labute approximate surface area is 149 Å². The SMILES string of the molecule is CN(C)C(=O)CCc1ccccc1-n1c(N)c2c(cc1=O)C(=O)NC2=O. The van der Waals surface area contributed by atoms with Gasteiger partial charge in [0.1, 0.15) is 5.82 Å². The van der Waals surface area contributed by atoms with Crippen molar-refractivity contribution in [1.29, 1.82) is 0 Å². The molecule has 0 bridgehead atoms. The van der Waals surface area contributed by atoms with Gasteiger partial charge in [-0.05, 0) is 18.1 Å². The summed E-state index contributed by atoms with van der Waals surface area (Å²) in [6.45, 7) is 0. The predicted molar refractivity (Wildman–Crippen MR) is 95.3 cm³/mol. The van der Waals surface area contributed by atoms with E-state index in [4.69, 9.17) is 5.73 Å². The topological polar surface area (TPSA) is 114 Å². The monoisotopic (exact) mass is 354 g/mol. The van der Waals surface area contributed by atoms with Gasteiger partial charge in [-0.15, -0.1) is 0 Å². The molecular weight excluding hydrogens is 336 g/mol. The highest BCUT2D eigenvalue weighted by molar-refractivity contribution is 6.23. The average molecular weight is 354 g/mol. The Kier molecular flexibility index (Phi) is 4.33. The standard InChI is InChI=1S/C18H18N4O4/c1-21(2)13(23)8-7-10-5-3-4-6-12(10)22-14(24)9-11-15(16(22)19)18(26)20-17(11)25/h3-6,9H,7-8,19H2,1-2H3,(H,20,25,26). The van der Waals surface area contributed by atoms with Crippen LogP contribution in [0.5, 0.6) is 0 Å². The van der Waals surface area contributed by atoms with Crippen LogP contribution in [0.25, 0.3) is 5.69 Å². The summed E-state index contributed by atoms with van der Waals surface area (Å²) in [5.74, 6) is -1.40. The number of carbonyl (C=O) groups excluding carboxylic acids is 3. The quantitative estimate of drug-likeness (QED) is 0.768. The lowest BCUT2D eigenvalue weighted by Crippen LogP contribution is -2.25. The van der Waals surface area contributed by atoms with Gasteiger partial charge in [0, 0.05) is 26.6 Å². The Bertz CT molecular complexity index is 991. The second-order valence-electron chi connectivity index (χ2n) is 6.19. The molecule has 2 heterocycles. The minimum absolute atomic E-state index is 0.00577. The summed E-state index contributed by atoms with van der Waals surface area (Å²) in [7, 11) is 3.35. The van der Waals surface area contributed by atoms with Gasteiger partial charge >= 0.3 is 0 Å². The van der Waals surface area contributed by atoms with Crippen LogP contribution < -0.4 is 16.6 Å². The zero-order valence-electron chi connectivity index (χ0n) is 14.4. The third-order valence-electron chi connectivity index (χ3n) is 4.29. The first kappa shape index (κ1) is 17.4. The van der Waals surface area contributed by atoms with E-state index < -0.39 is 17.4 Å². The van der Waals surface area contributed by atoms with Gasteiger partial charge in [0.2, 0.25) is 5.91 Å². The third-order valence-corrected chi connectivity index (χ3v) is 4.29. The van der Waals surface area contributed by atoms with E-state index in [1.807, 2.05) is 0 Å². The molecule has 0 unspecified atom stereocenters. The van der Waals surface area contributed by atoms with Crippen molar-refractivity contribution in [3.05, 3.63) is 57.4 Å². The maximum atomic E-state index is 12.6. The molecule has 3 amide bonds. The fourth-order valence-electron chi connectivity index (χ4n) is 2.93. The summed E-state index contributed by atoms with van der Waals surface area (Å²) in [6, 6.07) is 8.12. The molecule has 0 radical (unpaired) electrons. The van der Waals surface area contributed by atoms with E-state index in [1.165, 1.54) is 9.47 Å². The third kappa shape index (κ3) is 2.85. The van der Waals surface area contributed by atoms with E-state index in [1.54, 1.807) is 38.4 Å². The van der Waals surface area contributed by atoms with E-state index in [-0.39, 0.29) is 29.3 Å². The number of nitrogen functional groups attached to an aromatic ring is 1. The molecule has 0 spiro atoms. The minimum atomic E-state index is -0.634. The molecule has 134 valence electrons. The molecule has 0 fully saturated rings. The van der Waals surface area contributed by atoms with Crippen molar-refractivity contribution >= 4 is 23.5 Å². The van der Waals surface area contributed by atoms with Gasteiger partial charge in [-0.3, -0.25) is 29.1 Å². The number of hydrogen-bond acceptors (Lipinski definition) is 5. The van der Waals surface area contributed by atoms with E-state index in [9.17, 15) is 19.2 Å². The van der Waals surface area contributed by atoms with E-state index in [2.05, 4.69) is 5.32 Å². The van der Waals surface area contributed by atoms with Crippen LogP contribution in [0.1, 0.15) is 32.7 Å². The highest BCUT2D eigenvalue weighted by Gasteiger charge is 2.32. The molecule has 1 aliphatic heterocycles. The normalized spacial score (nSPS) is 12.7. The molecule has 0 saturated carbocycles. The molecule has 2 aromatic rings. The summed E-state index contributed by atoms with van der Waals surface area (Å²) in [5, 5.41) is 2.14. The maximum absolute atomic E-state index is 12.6. The van der Waals surface area contributed by atoms with Crippen molar-refractivity contribution in [2.24, 2.45) is 0 Å². The lowest BCUT2D eigenvalue weighted by atomic mass is 10.1. The van der Waals surface area contributed by atoms with Crippen molar-refractivity contribution in [3.63, 3.8) is 0 Å². The van der Waals surface area contributed by atoms with Gasteiger partial charge in [-0.1, -0.05) is 18.2 Å². The summed E-state index contributed by atoms with van der Waals surface area (Å²) in [4.78, 5) is 49.7. The number of pyridine rings is 1. The lowest BCUT2D eigenvalue weighted by Gasteiger charge is -2.16. The number of nitrogens with one attached hydrogen (secondary N) is 1. The number of nitrogens with two attached hydrogens (primary N) is 1. The molecule has 3 N–H and O–H groups in total. The van der Waals surface area contributed by atoms with E-state index in [0.29, 0.717) is 12.1 Å². The number of carbonyl (C=O) groups is 3. The summed E-state index contributed by atoms with van der Waals surface area (Å²) in [5.41, 5.74) is 6.75. The van der Waals surface area contributed by atoms with Gasteiger partial charge in [0.25, 0.3) is 17.4 Å². The molecule has 8 heteroatoms. The highest BCUT2D eigenvalue weighted by Crippen LogP contribution is 2.24. The van der Waals surface area contributed by atoms with Crippen molar-refractivity contribution in [2.45, 2.75) is 12.8 Å². The Hall–Kier alpha value is -3.42. The number of aryl methyl sites for hydroxylation is 1. The number of anilines is 1. The molecule has 1 aromatic carbocycles. The van der Waals surface area contributed by atoms with Crippen LogP contribution in [0.4, 0.5) is 5.82 Å². The zero-order chi connectivity index (χ0) is 19.0. The van der Waals surface area contributed by atoms with Crippen molar-refractivity contribution < 1.29 is 14.4 Å². The second kappa shape index (κ2) is 6.47. The largest absolute Gasteiger partial charge is 0.384 e. The van der Waals surface area contributed by atoms with E-state index in [0.717, 1.165) is 11.6 Å². The van der Waals surface area contributed by atoms with Crippen LogP contribution in [-0.4, -0.2) is 41.3 Å². The van der Waals surface area contributed by atoms with E-state index >= 15 is 0 Å². The maximum Gasteiger partial charge on any atom is 0.262 e. The number of fused-ring (bicyclic) bond motifs is 1. The van der Waals surface area contributed by atoms with Crippen LogP contribution in [0.3, 0.4) is 0 Å². The summed E-state index contributed by atoms with van der Waals surface area (Å²) < 4.78 is 1.20. The second-order valence-corrected chi connectivity index (χ2v) is 6.19. The Morgan fingerprint density at radius 1 is 1.15 bits per heavy atom. The molecule has 0 atom stereocenters. The number of rotatable bonds is 4. The number of imide groups is 1. The Morgan fingerprint density at radius 2 is 1.85 bits per heavy atom. The van der Waals surface area contributed by atoms with Crippen molar-refractivity contribution in [3.8, 4) is 5.69 Å². The molecule has 26 heavy (non-hydrogen) atoms. The molecule has 0 saturated heterocycles. The summed E-state index contributed by atoms with van der Waals surface area (Å²) >= 11 is 0. The summed E-state index contributed by atoms with van der Waals surface area (Å²) in [6.07, 6.45) is 0.670. The highest BCUT2D eigenvalue weighted by atomic mass is 16.2. The van der Waals surface area contributed by atoms with Crippen LogP contribution in [-0.2, 0) is 11.2 Å². The molecule has 1 aromatic heterocycles. The number of nitrogens with zero attached hydrogens (tertiary/aromatic N) is 2. The molecule has 1 aliphatic rings. The first-order valence-electron chi connectivity index (χ1n) is 8.01. The minimum Gasteiger partial charge on any atom is -0.384 e. The number of aromatic nitrogens is 1. The van der Waals surface area contributed by atoms with Gasteiger partial charge in [-0.2, -0.15) is 0 Å².